The van der Waals surface area contributed by atoms with Gasteiger partial charge in [-0.1, -0.05) is 12.1 Å². The number of amides is 2. The zero-order valence-corrected chi connectivity index (χ0v) is 11.7. The number of carboxylic acid groups (broad SMARTS) is 2. The molecule has 0 radical (unpaired) electrons. The van der Waals surface area contributed by atoms with Crippen LogP contribution in [0.3, 0.4) is 0 Å². The molecule has 4 N–H and O–H groups in total. The Morgan fingerprint density at radius 3 is 2.32 bits per heavy atom. The van der Waals surface area contributed by atoms with E-state index in [2.05, 4.69) is 10.6 Å². The molecule has 0 aliphatic rings. The Hall–Kier alpha value is -2.64. The van der Waals surface area contributed by atoms with Crippen molar-refractivity contribution in [1.82, 2.24) is 10.6 Å². The Bertz CT molecular complexity index is 533. The summed E-state index contributed by atoms with van der Waals surface area (Å²) in [5, 5.41) is 22.1. The molecule has 0 saturated heterocycles. The average molecular weight is 312 g/mol. The second kappa shape index (κ2) is 8.60. The van der Waals surface area contributed by atoms with Gasteiger partial charge in [0, 0.05) is 13.0 Å². The van der Waals surface area contributed by atoms with Crippen LogP contribution in [0, 0.1) is 5.82 Å². The fraction of sp³-hybridized carbons (Fsp3) is 0.357. The van der Waals surface area contributed by atoms with Crippen molar-refractivity contribution in [3.8, 4) is 0 Å². The summed E-state index contributed by atoms with van der Waals surface area (Å²) in [4.78, 5) is 32.9. The van der Waals surface area contributed by atoms with E-state index in [4.69, 9.17) is 10.2 Å². The lowest BCUT2D eigenvalue weighted by Gasteiger charge is -2.14. The predicted molar refractivity (Wildman–Crippen MR) is 74.9 cm³/mol. The van der Waals surface area contributed by atoms with Crippen molar-refractivity contribution in [1.29, 1.82) is 0 Å². The molecule has 1 aromatic carbocycles. The number of urea groups is 1. The molecule has 0 aliphatic heterocycles. The van der Waals surface area contributed by atoms with Crippen LogP contribution >= 0.6 is 0 Å². The Morgan fingerprint density at radius 1 is 1.14 bits per heavy atom. The predicted octanol–water partition coefficient (Wildman–Crippen LogP) is 0.985. The number of carbonyl (C=O) groups excluding carboxylic acids is 1. The zero-order chi connectivity index (χ0) is 16.5. The van der Waals surface area contributed by atoms with E-state index in [0.717, 1.165) is 5.56 Å². The molecule has 0 aliphatic carbocycles. The van der Waals surface area contributed by atoms with Crippen molar-refractivity contribution in [2.45, 2.75) is 25.3 Å². The number of halogens is 1. The fourth-order valence-electron chi connectivity index (χ4n) is 1.71. The van der Waals surface area contributed by atoms with Gasteiger partial charge in [-0.25, -0.2) is 14.0 Å². The molecule has 0 unspecified atom stereocenters. The molecule has 0 bridgehead atoms. The molecule has 8 heteroatoms. The van der Waals surface area contributed by atoms with E-state index in [1.54, 1.807) is 12.1 Å². The van der Waals surface area contributed by atoms with Crippen LogP contribution in [0.15, 0.2) is 24.3 Å². The van der Waals surface area contributed by atoms with Crippen molar-refractivity contribution in [3.05, 3.63) is 35.6 Å². The molecule has 0 aromatic heterocycles. The molecule has 120 valence electrons. The minimum atomic E-state index is -1.30. The van der Waals surface area contributed by atoms with Gasteiger partial charge in [-0.05, 0) is 30.5 Å². The van der Waals surface area contributed by atoms with Gasteiger partial charge in [-0.2, -0.15) is 0 Å². The summed E-state index contributed by atoms with van der Waals surface area (Å²) < 4.78 is 12.7. The first-order chi connectivity index (χ1) is 10.4. The molecule has 0 fully saturated rings. The van der Waals surface area contributed by atoms with Crippen LogP contribution in [-0.4, -0.2) is 40.8 Å². The van der Waals surface area contributed by atoms with E-state index in [9.17, 15) is 18.8 Å². The summed E-state index contributed by atoms with van der Waals surface area (Å²) in [6.45, 7) is 0.239. The van der Waals surface area contributed by atoms with E-state index >= 15 is 0 Å². The number of aliphatic carboxylic acids is 2. The van der Waals surface area contributed by atoms with Crippen LogP contribution in [0.5, 0.6) is 0 Å². The molecule has 0 spiro atoms. The lowest BCUT2D eigenvalue weighted by atomic mass is 10.1. The van der Waals surface area contributed by atoms with Gasteiger partial charge in [0.15, 0.2) is 0 Å². The van der Waals surface area contributed by atoms with Gasteiger partial charge >= 0.3 is 18.0 Å². The first-order valence-corrected chi connectivity index (χ1v) is 6.62. The molecular formula is C14H17FN2O5. The molecule has 2 amide bonds. The average Bonchev–Trinajstić information content (AvgIpc) is 2.45. The molecule has 0 heterocycles. The largest absolute Gasteiger partial charge is 0.481 e. The zero-order valence-electron chi connectivity index (χ0n) is 11.7. The summed E-state index contributed by atoms with van der Waals surface area (Å²) in [7, 11) is 0. The molecular weight excluding hydrogens is 295 g/mol. The number of rotatable bonds is 8. The van der Waals surface area contributed by atoms with Gasteiger partial charge in [-0.15, -0.1) is 0 Å². The summed E-state index contributed by atoms with van der Waals surface area (Å²) in [6, 6.07) is 3.83. The highest BCUT2D eigenvalue weighted by Crippen LogP contribution is 2.03. The fourth-order valence-corrected chi connectivity index (χ4v) is 1.71. The van der Waals surface area contributed by atoms with Gasteiger partial charge < -0.3 is 20.8 Å². The van der Waals surface area contributed by atoms with E-state index < -0.39 is 24.0 Å². The second-order valence-corrected chi connectivity index (χ2v) is 4.60. The highest BCUT2D eigenvalue weighted by molar-refractivity contribution is 5.82. The summed E-state index contributed by atoms with van der Waals surface area (Å²) in [6.07, 6.45) is -0.0938. The van der Waals surface area contributed by atoms with Crippen molar-refractivity contribution in [2.24, 2.45) is 0 Å². The number of hydrogen-bond donors (Lipinski definition) is 4. The van der Waals surface area contributed by atoms with Crippen LogP contribution in [0.2, 0.25) is 0 Å². The minimum absolute atomic E-state index is 0.198. The monoisotopic (exact) mass is 312 g/mol. The molecule has 1 aromatic rings. The third-order valence-corrected chi connectivity index (χ3v) is 2.86. The van der Waals surface area contributed by atoms with Gasteiger partial charge in [-0.3, -0.25) is 4.79 Å². The standard InChI is InChI=1S/C14H17FN2O5/c15-10-3-1-9(2-4-10)7-8-16-14(22)17-11(13(20)21)5-6-12(18)19/h1-4,11H,5-8H2,(H,18,19)(H,20,21)(H2,16,17,22)/t11-/m0/s1. The van der Waals surface area contributed by atoms with Crippen LogP contribution < -0.4 is 10.6 Å². The highest BCUT2D eigenvalue weighted by Gasteiger charge is 2.20. The van der Waals surface area contributed by atoms with E-state index in [1.807, 2.05) is 0 Å². The van der Waals surface area contributed by atoms with Crippen LogP contribution in [-0.2, 0) is 16.0 Å². The van der Waals surface area contributed by atoms with E-state index in [-0.39, 0.29) is 25.2 Å². The second-order valence-electron chi connectivity index (χ2n) is 4.60. The topological polar surface area (TPSA) is 116 Å². The van der Waals surface area contributed by atoms with Crippen LogP contribution in [0.1, 0.15) is 18.4 Å². The van der Waals surface area contributed by atoms with Gasteiger partial charge in [0.1, 0.15) is 11.9 Å². The third kappa shape index (κ3) is 6.69. The van der Waals surface area contributed by atoms with Gasteiger partial charge in [0.05, 0.1) is 0 Å². The maximum absolute atomic E-state index is 12.7. The Labute approximate surface area is 126 Å². The number of benzene rings is 1. The van der Waals surface area contributed by atoms with Gasteiger partial charge in [0.25, 0.3) is 0 Å². The minimum Gasteiger partial charge on any atom is -0.481 e. The lowest BCUT2D eigenvalue weighted by molar-refractivity contribution is -0.140. The molecule has 22 heavy (non-hydrogen) atoms. The summed E-state index contributed by atoms with van der Waals surface area (Å²) in [5.41, 5.74) is 0.822. The van der Waals surface area contributed by atoms with Crippen LogP contribution in [0.25, 0.3) is 0 Å². The summed E-state index contributed by atoms with van der Waals surface area (Å²) in [5.74, 6) is -2.78. The number of carboxylic acids is 2. The Balaban J connectivity index is 2.35. The highest BCUT2D eigenvalue weighted by atomic mass is 19.1. The van der Waals surface area contributed by atoms with Crippen molar-refractivity contribution in [3.63, 3.8) is 0 Å². The van der Waals surface area contributed by atoms with Gasteiger partial charge in [0.2, 0.25) is 0 Å². The quantitative estimate of drug-likeness (QED) is 0.571. The van der Waals surface area contributed by atoms with E-state index in [1.165, 1.54) is 12.1 Å². The normalized spacial score (nSPS) is 11.5. The first-order valence-electron chi connectivity index (χ1n) is 6.62. The Morgan fingerprint density at radius 2 is 1.77 bits per heavy atom. The maximum Gasteiger partial charge on any atom is 0.326 e. The van der Waals surface area contributed by atoms with Crippen molar-refractivity contribution >= 4 is 18.0 Å². The first kappa shape index (κ1) is 17.4. The number of hydrogen-bond acceptors (Lipinski definition) is 3. The number of nitrogens with one attached hydrogen (secondary N) is 2. The molecule has 7 nitrogen and oxygen atoms in total. The summed E-state index contributed by atoms with van der Waals surface area (Å²) >= 11 is 0. The molecule has 0 saturated carbocycles. The Kier molecular flexibility index (Phi) is 6.81. The molecule has 1 rings (SSSR count). The molecule has 1 atom stereocenters. The van der Waals surface area contributed by atoms with E-state index in [0.29, 0.717) is 6.42 Å². The number of carbonyl (C=O) groups is 3. The third-order valence-electron chi connectivity index (χ3n) is 2.86. The lowest BCUT2D eigenvalue weighted by Crippen LogP contribution is -2.46. The smallest absolute Gasteiger partial charge is 0.326 e. The maximum atomic E-state index is 12.7. The SMILES string of the molecule is O=C(O)CC[C@H](NC(=O)NCCc1ccc(F)cc1)C(=O)O. The van der Waals surface area contributed by atoms with Crippen molar-refractivity contribution < 1.29 is 29.0 Å². The van der Waals surface area contributed by atoms with Crippen molar-refractivity contribution in [2.75, 3.05) is 6.54 Å². The van der Waals surface area contributed by atoms with Crippen LogP contribution in [0.4, 0.5) is 9.18 Å².